The first-order chi connectivity index (χ1) is 13.0. The van der Waals surface area contributed by atoms with Crippen LogP contribution in [0.5, 0.6) is 0 Å². The number of benzene rings is 1. The third kappa shape index (κ3) is 4.27. The molecule has 0 bridgehead atoms. The monoisotopic (exact) mass is 370 g/mol. The van der Waals surface area contributed by atoms with Crippen molar-refractivity contribution < 1.29 is 9.18 Å². The van der Waals surface area contributed by atoms with Gasteiger partial charge in [0.1, 0.15) is 11.9 Å². The molecule has 2 aromatic rings. The third-order valence-corrected chi connectivity index (χ3v) is 4.41. The highest BCUT2D eigenvalue weighted by atomic mass is 19.1. The van der Waals surface area contributed by atoms with Crippen molar-refractivity contribution in [3.63, 3.8) is 0 Å². The van der Waals surface area contributed by atoms with Crippen LogP contribution in [0, 0.1) is 17.1 Å². The lowest BCUT2D eigenvalue weighted by Gasteiger charge is -2.29. The number of nitrogens with one attached hydrogen (secondary N) is 2. The lowest BCUT2D eigenvalue weighted by molar-refractivity contribution is 0.0995. The quantitative estimate of drug-likeness (QED) is 0.615. The summed E-state index contributed by atoms with van der Waals surface area (Å²) in [5.74, 6) is -1.29. The van der Waals surface area contributed by atoms with Crippen LogP contribution in [0.15, 0.2) is 18.2 Å². The van der Waals surface area contributed by atoms with E-state index < -0.39 is 11.7 Å². The molecule has 1 saturated carbocycles. The van der Waals surface area contributed by atoms with Crippen molar-refractivity contribution in [2.45, 2.75) is 37.8 Å². The summed E-state index contributed by atoms with van der Waals surface area (Å²) in [6.45, 7) is 0. The Labute approximate surface area is 155 Å². The zero-order chi connectivity index (χ0) is 19.4. The number of nitriles is 1. The number of nitrogens with zero attached hydrogens (tertiary/aromatic N) is 4. The van der Waals surface area contributed by atoms with Crippen molar-refractivity contribution >= 4 is 23.4 Å². The van der Waals surface area contributed by atoms with Crippen LogP contribution < -0.4 is 22.1 Å². The molecule has 1 aromatic heterocycles. The molecule has 1 aromatic carbocycles. The Bertz CT molecular complexity index is 897. The number of halogens is 1. The summed E-state index contributed by atoms with van der Waals surface area (Å²) in [7, 11) is 0. The standard InChI is InChI=1S/C17H19FN8O/c18-11-7-10(6-5-9(11)8-19)22-16-14(15(21)27)25-26-17(24-16)23-13-4-2-1-3-12(13)20/h5-7,12-13H,1-4,20H2,(H2,21,27)(H2,22,23,24,26)/t12-,13+/m0/s1. The SMILES string of the molecule is N#Cc1ccc(Nc2nc(N[C@@H]3CCCC[C@@H]3N)nnc2C(N)=O)cc1F. The highest BCUT2D eigenvalue weighted by Crippen LogP contribution is 2.23. The Kier molecular flexibility index (Phi) is 5.42. The van der Waals surface area contributed by atoms with Gasteiger partial charge >= 0.3 is 0 Å². The molecule has 10 heteroatoms. The summed E-state index contributed by atoms with van der Waals surface area (Å²) >= 11 is 0. The van der Waals surface area contributed by atoms with Gasteiger partial charge in [0.05, 0.1) is 5.56 Å². The molecular weight excluding hydrogens is 351 g/mol. The Morgan fingerprint density at radius 1 is 1.30 bits per heavy atom. The van der Waals surface area contributed by atoms with Crippen molar-refractivity contribution in [2.75, 3.05) is 10.6 Å². The van der Waals surface area contributed by atoms with Gasteiger partial charge in [-0.05, 0) is 31.0 Å². The van der Waals surface area contributed by atoms with E-state index in [1.54, 1.807) is 6.07 Å². The Morgan fingerprint density at radius 3 is 2.74 bits per heavy atom. The highest BCUT2D eigenvalue weighted by Gasteiger charge is 2.23. The first-order valence-electron chi connectivity index (χ1n) is 8.51. The maximum absolute atomic E-state index is 13.8. The second kappa shape index (κ2) is 7.92. The van der Waals surface area contributed by atoms with Crippen LogP contribution in [-0.4, -0.2) is 33.2 Å². The lowest BCUT2D eigenvalue weighted by Crippen LogP contribution is -2.43. The van der Waals surface area contributed by atoms with Crippen LogP contribution in [0.1, 0.15) is 41.7 Å². The third-order valence-electron chi connectivity index (χ3n) is 4.41. The van der Waals surface area contributed by atoms with Crippen LogP contribution in [0.3, 0.4) is 0 Å². The van der Waals surface area contributed by atoms with Gasteiger partial charge in [-0.2, -0.15) is 10.2 Å². The largest absolute Gasteiger partial charge is 0.364 e. The van der Waals surface area contributed by atoms with Gasteiger partial charge in [0.2, 0.25) is 5.95 Å². The smallest absolute Gasteiger partial charge is 0.273 e. The normalized spacial score (nSPS) is 19.1. The van der Waals surface area contributed by atoms with Crippen LogP contribution in [-0.2, 0) is 0 Å². The molecule has 0 aliphatic heterocycles. The number of rotatable bonds is 5. The number of hydrogen-bond donors (Lipinski definition) is 4. The van der Waals surface area contributed by atoms with E-state index in [1.807, 2.05) is 0 Å². The van der Waals surface area contributed by atoms with Crippen molar-refractivity contribution in [1.29, 1.82) is 5.26 Å². The van der Waals surface area contributed by atoms with Crippen molar-refractivity contribution in [3.05, 3.63) is 35.3 Å². The molecule has 1 amide bonds. The number of carbonyl (C=O) groups is 1. The Balaban J connectivity index is 1.87. The minimum Gasteiger partial charge on any atom is -0.364 e. The Hall–Kier alpha value is -3.32. The summed E-state index contributed by atoms with van der Waals surface area (Å²) in [6, 6.07) is 5.63. The number of amides is 1. The van der Waals surface area contributed by atoms with E-state index in [0.29, 0.717) is 0 Å². The van der Waals surface area contributed by atoms with Gasteiger partial charge in [-0.25, -0.2) is 4.39 Å². The fourth-order valence-electron chi connectivity index (χ4n) is 2.97. The fourth-order valence-corrected chi connectivity index (χ4v) is 2.97. The van der Waals surface area contributed by atoms with E-state index in [0.717, 1.165) is 31.7 Å². The molecule has 9 nitrogen and oxygen atoms in total. The topological polar surface area (TPSA) is 156 Å². The minimum absolute atomic E-state index is 0.000171. The first kappa shape index (κ1) is 18.5. The van der Waals surface area contributed by atoms with Crippen molar-refractivity contribution in [1.82, 2.24) is 15.2 Å². The molecular formula is C17H19FN8O. The molecule has 0 radical (unpaired) electrons. The number of nitrogens with two attached hydrogens (primary N) is 2. The summed E-state index contributed by atoms with van der Waals surface area (Å²) in [4.78, 5) is 15.9. The number of anilines is 3. The molecule has 2 atom stereocenters. The molecule has 1 aliphatic carbocycles. The molecule has 27 heavy (non-hydrogen) atoms. The molecule has 6 N–H and O–H groups in total. The average Bonchev–Trinajstić information content (AvgIpc) is 2.64. The van der Waals surface area contributed by atoms with Crippen molar-refractivity contribution in [3.8, 4) is 6.07 Å². The molecule has 0 saturated heterocycles. The Morgan fingerprint density at radius 2 is 2.07 bits per heavy atom. The van der Waals surface area contributed by atoms with Gasteiger partial charge in [0.15, 0.2) is 11.5 Å². The summed E-state index contributed by atoms with van der Waals surface area (Å²) in [6.07, 6.45) is 3.91. The zero-order valence-electron chi connectivity index (χ0n) is 14.4. The summed E-state index contributed by atoms with van der Waals surface area (Å²) < 4.78 is 13.8. The minimum atomic E-state index is -0.826. The number of aromatic nitrogens is 3. The van der Waals surface area contributed by atoms with Gasteiger partial charge in [-0.1, -0.05) is 12.8 Å². The first-order valence-corrected chi connectivity index (χ1v) is 8.51. The summed E-state index contributed by atoms with van der Waals surface area (Å²) in [5.41, 5.74) is 11.4. The number of hydrogen-bond acceptors (Lipinski definition) is 8. The molecule has 3 rings (SSSR count). The predicted molar refractivity (Wildman–Crippen MR) is 96.6 cm³/mol. The van der Waals surface area contributed by atoms with Gasteiger partial charge in [0, 0.05) is 17.8 Å². The van der Waals surface area contributed by atoms with Crippen LogP contribution in [0.4, 0.5) is 21.8 Å². The van der Waals surface area contributed by atoms with E-state index in [9.17, 15) is 9.18 Å². The lowest BCUT2D eigenvalue weighted by atomic mass is 9.91. The van der Waals surface area contributed by atoms with E-state index in [-0.39, 0.29) is 40.8 Å². The number of primary amides is 1. The van der Waals surface area contributed by atoms with E-state index in [1.165, 1.54) is 12.1 Å². The molecule has 1 aliphatic rings. The number of carbonyl (C=O) groups excluding carboxylic acids is 1. The van der Waals surface area contributed by atoms with Crippen LogP contribution in [0.25, 0.3) is 0 Å². The molecule has 1 heterocycles. The van der Waals surface area contributed by atoms with Crippen LogP contribution >= 0.6 is 0 Å². The van der Waals surface area contributed by atoms with Crippen LogP contribution in [0.2, 0.25) is 0 Å². The second-order valence-corrected chi connectivity index (χ2v) is 6.33. The average molecular weight is 370 g/mol. The van der Waals surface area contributed by atoms with E-state index in [4.69, 9.17) is 16.7 Å². The molecule has 0 spiro atoms. The fraction of sp³-hybridized carbons (Fsp3) is 0.353. The predicted octanol–water partition coefficient (Wildman–Crippen LogP) is 1.41. The van der Waals surface area contributed by atoms with Gasteiger partial charge in [-0.15, -0.1) is 10.2 Å². The van der Waals surface area contributed by atoms with E-state index in [2.05, 4.69) is 25.8 Å². The van der Waals surface area contributed by atoms with Gasteiger partial charge in [0.25, 0.3) is 5.91 Å². The van der Waals surface area contributed by atoms with Gasteiger partial charge in [-0.3, -0.25) is 4.79 Å². The summed E-state index contributed by atoms with van der Waals surface area (Å²) in [5, 5.41) is 22.5. The second-order valence-electron chi connectivity index (χ2n) is 6.33. The molecule has 140 valence electrons. The molecule has 1 fully saturated rings. The zero-order valence-corrected chi connectivity index (χ0v) is 14.4. The molecule has 0 unspecified atom stereocenters. The van der Waals surface area contributed by atoms with E-state index >= 15 is 0 Å². The van der Waals surface area contributed by atoms with Crippen molar-refractivity contribution in [2.24, 2.45) is 11.5 Å². The van der Waals surface area contributed by atoms with Gasteiger partial charge < -0.3 is 22.1 Å². The highest BCUT2D eigenvalue weighted by molar-refractivity contribution is 5.96. The maximum Gasteiger partial charge on any atom is 0.273 e. The maximum atomic E-state index is 13.8.